The molecule has 0 aliphatic heterocycles. The van der Waals surface area contributed by atoms with Crippen LogP contribution in [0.25, 0.3) is 33.3 Å². The van der Waals surface area contributed by atoms with Gasteiger partial charge in [0.15, 0.2) is 11.5 Å². The molecule has 3 aromatic carbocycles. The number of phenols is 2. The lowest BCUT2D eigenvalue weighted by molar-refractivity contribution is 0.475. The summed E-state index contributed by atoms with van der Waals surface area (Å²) in [5, 5.41) is 21.3. The topological polar surface area (TPSA) is 56.2 Å². The quantitative estimate of drug-likeness (QED) is 0.303. The summed E-state index contributed by atoms with van der Waals surface area (Å²) < 4.78 is 0. The molecule has 0 aliphatic carbocycles. The summed E-state index contributed by atoms with van der Waals surface area (Å²) in [6, 6.07) is 14.3. The van der Waals surface area contributed by atoms with Crippen LogP contribution in [-0.4, -0.2) is 15.2 Å². The highest BCUT2D eigenvalue weighted by molar-refractivity contribution is 6.38. The lowest BCUT2D eigenvalue weighted by atomic mass is 9.98. The summed E-state index contributed by atoms with van der Waals surface area (Å²) in [4.78, 5) is 3.36. The predicted octanol–water partition coefficient (Wildman–Crippen LogP) is 7.53. The van der Waals surface area contributed by atoms with Crippen molar-refractivity contribution in [2.75, 3.05) is 0 Å². The second kappa shape index (κ2) is 6.84. The van der Waals surface area contributed by atoms with Crippen molar-refractivity contribution in [3.63, 3.8) is 0 Å². The van der Waals surface area contributed by atoms with E-state index in [2.05, 4.69) is 4.98 Å². The van der Waals surface area contributed by atoms with E-state index in [0.29, 0.717) is 5.56 Å². The van der Waals surface area contributed by atoms with Gasteiger partial charge in [0.2, 0.25) is 0 Å². The van der Waals surface area contributed by atoms with Gasteiger partial charge in [0.05, 0.1) is 25.8 Å². The van der Waals surface area contributed by atoms with E-state index in [-0.39, 0.29) is 31.6 Å². The number of aromatic nitrogens is 1. The molecule has 0 unspecified atom stereocenters. The van der Waals surface area contributed by atoms with E-state index < -0.39 is 0 Å². The van der Waals surface area contributed by atoms with Gasteiger partial charge < -0.3 is 15.2 Å². The van der Waals surface area contributed by atoms with E-state index in [9.17, 15) is 10.2 Å². The zero-order valence-electron chi connectivity index (χ0n) is 13.5. The van der Waals surface area contributed by atoms with Gasteiger partial charge in [-0.15, -0.1) is 0 Å². The molecule has 0 saturated carbocycles. The number of hydrogen-bond acceptors (Lipinski definition) is 2. The average molecular weight is 439 g/mol. The molecule has 0 atom stereocenters. The number of rotatable bonds is 2. The number of nitrogens with one attached hydrogen (secondary N) is 1. The highest BCUT2D eigenvalue weighted by Gasteiger charge is 2.19. The number of para-hydroxylation sites is 1. The first-order valence-corrected chi connectivity index (χ1v) is 9.35. The van der Waals surface area contributed by atoms with Crippen molar-refractivity contribution in [3.8, 4) is 33.9 Å². The van der Waals surface area contributed by atoms with Crippen molar-refractivity contribution in [3.05, 3.63) is 68.6 Å². The first kappa shape index (κ1) is 18.3. The van der Waals surface area contributed by atoms with Gasteiger partial charge in [-0.1, -0.05) is 64.6 Å². The van der Waals surface area contributed by atoms with Gasteiger partial charge >= 0.3 is 0 Å². The summed E-state index contributed by atoms with van der Waals surface area (Å²) in [7, 11) is 0. The number of hydrogen-bond donors (Lipinski definition) is 3. The van der Waals surface area contributed by atoms with Crippen LogP contribution in [0.1, 0.15) is 0 Å². The van der Waals surface area contributed by atoms with Gasteiger partial charge in [-0.05, 0) is 35.9 Å². The molecule has 0 radical (unpaired) electrons. The Morgan fingerprint density at radius 2 is 1.15 bits per heavy atom. The maximum atomic E-state index is 9.90. The number of H-pyrrole nitrogens is 1. The highest BCUT2D eigenvalue weighted by atomic mass is 35.5. The molecule has 0 fully saturated rings. The van der Waals surface area contributed by atoms with Gasteiger partial charge in [0, 0.05) is 22.0 Å². The van der Waals surface area contributed by atoms with E-state index in [4.69, 9.17) is 46.4 Å². The Hall–Kier alpha value is -2.04. The number of halogens is 4. The maximum Gasteiger partial charge on any atom is 0.152 e. The van der Waals surface area contributed by atoms with Crippen LogP contribution in [0.3, 0.4) is 0 Å². The minimum Gasteiger partial charge on any atom is -0.505 e. The molecule has 4 rings (SSSR count). The molecule has 0 bridgehead atoms. The fraction of sp³-hybridized carbons (Fsp3) is 0. The standard InChI is InChI=1S/C20H11Cl4NO2/c21-12-5-9(6-13(22)19(12)26)17-11-3-1-2-4-16(11)25-18(17)10-7-14(23)20(27)15(24)8-10/h1-8,25-27H. The largest absolute Gasteiger partial charge is 0.505 e. The first-order chi connectivity index (χ1) is 12.9. The van der Waals surface area contributed by atoms with E-state index >= 15 is 0 Å². The third kappa shape index (κ3) is 3.11. The maximum absolute atomic E-state index is 9.90. The number of phenolic OH excluding ortho intramolecular Hbond substituents is 2. The van der Waals surface area contributed by atoms with E-state index in [1.807, 2.05) is 24.3 Å². The van der Waals surface area contributed by atoms with Crippen LogP contribution in [0.5, 0.6) is 11.5 Å². The molecular weight excluding hydrogens is 428 g/mol. The van der Waals surface area contributed by atoms with Gasteiger partial charge in [-0.3, -0.25) is 0 Å². The van der Waals surface area contributed by atoms with Gasteiger partial charge in [-0.2, -0.15) is 0 Å². The number of fused-ring (bicyclic) bond motifs is 1. The van der Waals surface area contributed by atoms with Crippen LogP contribution >= 0.6 is 46.4 Å². The van der Waals surface area contributed by atoms with Crippen LogP contribution in [0.4, 0.5) is 0 Å². The Labute approximate surface area is 174 Å². The van der Waals surface area contributed by atoms with Crippen molar-refractivity contribution in [1.82, 2.24) is 4.98 Å². The predicted molar refractivity (Wildman–Crippen MR) is 113 cm³/mol. The first-order valence-electron chi connectivity index (χ1n) is 7.84. The van der Waals surface area contributed by atoms with Crippen LogP contribution in [0.2, 0.25) is 20.1 Å². The lowest BCUT2D eigenvalue weighted by Crippen LogP contribution is -1.85. The second-order valence-electron chi connectivity index (χ2n) is 6.00. The summed E-state index contributed by atoms with van der Waals surface area (Å²) in [5.74, 6) is -0.338. The zero-order valence-corrected chi connectivity index (χ0v) is 16.5. The second-order valence-corrected chi connectivity index (χ2v) is 7.63. The van der Waals surface area contributed by atoms with E-state index in [1.54, 1.807) is 24.3 Å². The van der Waals surface area contributed by atoms with Crippen LogP contribution in [0, 0.1) is 0 Å². The molecule has 27 heavy (non-hydrogen) atoms. The molecule has 136 valence electrons. The monoisotopic (exact) mass is 437 g/mol. The molecular formula is C20H11Cl4NO2. The molecule has 7 heteroatoms. The third-order valence-electron chi connectivity index (χ3n) is 4.32. The molecule has 1 heterocycles. The normalized spacial score (nSPS) is 11.3. The van der Waals surface area contributed by atoms with Crippen molar-refractivity contribution in [2.24, 2.45) is 0 Å². The van der Waals surface area contributed by atoms with Gasteiger partial charge in [0.25, 0.3) is 0 Å². The summed E-state index contributed by atoms with van der Waals surface area (Å²) in [6.45, 7) is 0. The molecule has 0 spiro atoms. The molecule has 4 aromatic rings. The minimum absolute atomic E-state index is 0.142. The molecule has 1 aromatic heterocycles. The molecule has 0 amide bonds. The molecule has 3 nitrogen and oxygen atoms in total. The minimum atomic E-state index is -0.171. The van der Waals surface area contributed by atoms with Crippen LogP contribution in [-0.2, 0) is 0 Å². The Bertz CT molecular complexity index is 1150. The van der Waals surface area contributed by atoms with Gasteiger partial charge in [-0.25, -0.2) is 0 Å². The Kier molecular flexibility index (Phi) is 4.65. The number of aromatic amines is 1. The summed E-state index contributed by atoms with van der Waals surface area (Å²) >= 11 is 24.5. The van der Waals surface area contributed by atoms with Gasteiger partial charge in [0.1, 0.15) is 0 Å². The van der Waals surface area contributed by atoms with Crippen molar-refractivity contribution in [1.29, 1.82) is 0 Å². The van der Waals surface area contributed by atoms with Crippen molar-refractivity contribution < 1.29 is 10.2 Å². The fourth-order valence-corrected chi connectivity index (χ4v) is 4.05. The summed E-state index contributed by atoms with van der Waals surface area (Å²) in [6.07, 6.45) is 0. The Balaban J connectivity index is 2.07. The number of benzene rings is 3. The molecule has 0 saturated heterocycles. The molecule has 0 aliphatic rings. The van der Waals surface area contributed by atoms with Crippen LogP contribution < -0.4 is 0 Å². The molecule has 3 N–H and O–H groups in total. The lowest BCUT2D eigenvalue weighted by Gasteiger charge is -2.10. The van der Waals surface area contributed by atoms with Crippen molar-refractivity contribution >= 4 is 57.3 Å². The van der Waals surface area contributed by atoms with E-state index in [1.165, 1.54) is 0 Å². The summed E-state index contributed by atoms with van der Waals surface area (Å²) in [5.41, 5.74) is 3.86. The van der Waals surface area contributed by atoms with E-state index in [0.717, 1.165) is 27.7 Å². The third-order valence-corrected chi connectivity index (χ3v) is 5.47. The number of aromatic hydroxyl groups is 2. The Morgan fingerprint density at radius 1 is 0.667 bits per heavy atom. The van der Waals surface area contributed by atoms with Crippen molar-refractivity contribution in [2.45, 2.75) is 0 Å². The smallest absolute Gasteiger partial charge is 0.152 e. The fourth-order valence-electron chi connectivity index (χ4n) is 3.08. The van der Waals surface area contributed by atoms with Crippen LogP contribution in [0.15, 0.2) is 48.5 Å². The Morgan fingerprint density at radius 3 is 1.70 bits per heavy atom. The highest BCUT2D eigenvalue weighted by Crippen LogP contribution is 2.45. The average Bonchev–Trinajstić information content (AvgIpc) is 3.03. The zero-order chi connectivity index (χ0) is 19.3. The SMILES string of the molecule is Oc1c(Cl)cc(-c2[nH]c3ccccc3c2-c2cc(Cl)c(O)c(Cl)c2)cc1Cl.